The Labute approximate surface area is 92.5 Å². The molecular weight excluding hydrogens is 208 g/mol. The van der Waals surface area contributed by atoms with Gasteiger partial charge in [0, 0.05) is 31.4 Å². The van der Waals surface area contributed by atoms with Gasteiger partial charge in [0.25, 0.3) is 5.56 Å². The van der Waals surface area contributed by atoms with Gasteiger partial charge < -0.3 is 15.6 Å². The highest BCUT2D eigenvalue weighted by molar-refractivity contribution is 5.77. The summed E-state index contributed by atoms with van der Waals surface area (Å²) in [4.78, 5) is 28.9. The molecule has 1 aromatic heterocycles. The van der Waals surface area contributed by atoms with Gasteiger partial charge in [-0.25, -0.2) is 4.98 Å². The number of carbonyl (C=O) groups is 1. The van der Waals surface area contributed by atoms with Crippen LogP contribution in [-0.4, -0.2) is 28.5 Å². The monoisotopic (exact) mass is 222 g/mol. The predicted molar refractivity (Wildman–Crippen MR) is 59.1 cm³/mol. The smallest absolute Gasteiger partial charge is 0.290 e. The van der Waals surface area contributed by atoms with Crippen molar-refractivity contribution in [2.24, 2.45) is 0 Å². The lowest BCUT2D eigenvalue weighted by molar-refractivity contribution is -0.120. The van der Waals surface area contributed by atoms with Gasteiger partial charge in [0.1, 0.15) is 0 Å². The molecule has 1 heterocycles. The molecular formula is C10H14N4O2. The fourth-order valence-electron chi connectivity index (χ4n) is 1.30. The lowest BCUT2D eigenvalue weighted by Crippen LogP contribution is -2.28. The van der Waals surface area contributed by atoms with Crippen molar-refractivity contribution < 1.29 is 4.79 Å². The van der Waals surface area contributed by atoms with Crippen LogP contribution in [0.1, 0.15) is 19.3 Å². The zero-order valence-corrected chi connectivity index (χ0v) is 8.82. The Hall–Kier alpha value is -1.85. The molecule has 0 unspecified atom stereocenters. The number of anilines is 1. The molecule has 0 aliphatic heterocycles. The number of nitrogens with one attached hydrogen (secondary N) is 3. The first-order valence-corrected chi connectivity index (χ1v) is 5.32. The molecule has 1 fully saturated rings. The van der Waals surface area contributed by atoms with Gasteiger partial charge in [-0.3, -0.25) is 9.59 Å². The van der Waals surface area contributed by atoms with E-state index in [1.165, 1.54) is 12.4 Å². The third kappa shape index (κ3) is 3.08. The summed E-state index contributed by atoms with van der Waals surface area (Å²) in [6.07, 6.45) is 5.48. The van der Waals surface area contributed by atoms with Crippen molar-refractivity contribution in [3.63, 3.8) is 0 Å². The number of aromatic nitrogens is 2. The molecule has 0 aromatic carbocycles. The maximum atomic E-state index is 11.3. The van der Waals surface area contributed by atoms with E-state index in [1.807, 2.05) is 0 Å². The normalized spacial score (nSPS) is 14.5. The average Bonchev–Trinajstić information content (AvgIpc) is 3.05. The van der Waals surface area contributed by atoms with E-state index in [0.29, 0.717) is 19.0 Å². The van der Waals surface area contributed by atoms with Gasteiger partial charge in [-0.05, 0) is 12.8 Å². The van der Waals surface area contributed by atoms with Gasteiger partial charge in [-0.15, -0.1) is 0 Å². The van der Waals surface area contributed by atoms with E-state index in [0.717, 1.165) is 12.8 Å². The molecule has 86 valence electrons. The molecule has 0 spiro atoms. The van der Waals surface area contributed by atoms with Crippen LogP contribution in [0.15, 0.2) is 17.2 Å². The summed E-state index contributed by atoms with van der Waals surface area (Å²) >= 11 is 0. The van der Waals surface area contributed by atoms with Crippen molar-refractivity contribution in [2.45, 2.75) is 25.3 Å². The Bertz CT molecular complexity index is 425. The van der Waals surface area contributed by atoms with E-state index in [4.69, 9.17) is 0 Å². The molecule has 1 aliphatic rings. The Balaban J connectivity index is 1.73. The molecule has 3 N–H and O–H groups in total. The summed E-state index contributed by atoms with van der Waals surface area (Å²) in [5.41, 5.74) is -0.273. The van der Waals surface area contributed by atoms with Crippen molar-refractivity contribution in [1.29, 1.82) is 0 Å². The summed E-state index contributed by atoms with van der Waals surface area (Å²) < 4.78 is 0. The second-order valence-electron chi connectivity index (χ2n) is 3.79. The van der Waals surface area contributed by atoms with Gasteiger partial charge in [-0.1, -0.05) is 0 Å². The summed E-state index contributed by atoms with van der Waals surface area (Å²) in [7, 11) is 0. The molecule has 1 amide bonds. The van der Waals surface area contributed by atoms with Gasteiger partial charge in [0.2, 0.25) is 5.91 Å². The topological polar surface area (TPSA) is 86.9 Å². The molecule has 0 bridgehead atoms. The standard InChI is InChI=1S/C10H14N4O2/c15-8(14-7-1-2-7)3-4-11-9-10(16)13-6-5-12-9/h5-7H,1-4H2,(H,11,12)(H,13,16)(H,14,15). The molecule has 6 heteroatoms. The van der Waals surface area contributed by atoms with E-state index in [2.05, 4.69) is 20.6 Å². The van der Waals surface area contributed by atoms with Crippen molar-refractivity contribution in [3.8, 4) is 0 Å². The summed E-state index contributed by atoms with van der Waals surface area (Å²) in [5, 5.41) is 5.69. The molecule has 1 saturated carbocycles. The lowest BCUT2D eigenvalue weighted by atomic mass is 10.4. The minimum atomic E-state index is -0.273. The quantitative estimate of drug-likeness (QED) is 0.646. The van der Waals surface area contributed by atoms with Crippen LogP contribution in [0.3, 0.4) is 0 Å². The number of aromatic amines is 1. The van der Waals surface area contributed by atoms with Crippen LogP contribution in [0, 0.1) is 0 Å². The number of rotatable bonds is 5. The largest absolute Gasteiger partial charge is 0.365 e. The SMILES string of the molecule is O=C(CCNc1ncc[nH]c1=O)NC1CC1. The molecule has 6 nitrogen and oxygen atoms in total. The van der Waals surface area contributed by atoms with Crippen molar-refractivity contribution >= 4 is 11.7 Å². The van der Waals surface area contributed by atoms with Gasteiger partial charge in [0.15, 0.2) is 5.82 Å². The lowest BCUT2D eigenvalue weighted by Gasteiger charge is -2.04. The fraction of sp³-hybridized carbons (Fsp3) is 0.500. The van der Waals surface area contributed by atoms with E-state index in [1.54, 1.807) is 0 Å². The third-order valence-electron chi connectivity index (χ3n) is 2.29. The summed E-state index contributed by atoms with van der Waals surface area (Å²) in [5.74, 6) is 0.268. The number of hydrogen-bond donors (Lipinski definition) is 3. The van der Waals surface area contributed by atoms with Crippen LogP contribution in [0.4, 0.5) is 5.82 Å². The van der Waals surface area contributed by atoms with Crippen molar-refractivity contribution in [3.05, 3.63) is 22.7 Å². The summed E-state index contributed by atoms with van der Waals surface area (Å²) in [6.45, 7) is 0.415. The van der Waals surface area contributed by atoms with Crippen molar-refractivity contribution in [1.82, 2.24) is 15.3 Å². The second-order valence-corrected chi connectivity index (χ2v) is 3.79. The second kappa shape index (κ2) is 4.78. The maximum absolute atomic E-state index is 11.3. The van der Waals surface area contributed by atoms with E-state index >= 15 is 0 Å². The molecule has 16 heavy (non-hydrogen) atoms. The first kappa shape index (κ1) is 10.7. The Kier molecular flexibility index (Phi) is 3.19. The Morgan fingerprint density at radius 1 is 1.56 bits per heavy atom. The van der Waals surface area contributed by atoms with Crippen LogP contribution in [0.5, 0.6) is 0 Å². The van der Waals surface area contributed by atoms with Crippen LogP contribution in [-0.2, 0) is 4.79 Å². The van der Waals surface area contributed by atoms with Crippen LogP contribution in [0.25, 0.3) is 0 Å². The number of nitrogens with zero attached hydrogens (tertiary/aromatic N) is 1. The highest BCUT2D eigenvalue weighted by Crippen LogP contribution is 2.18. The van der Waals surface area contributed by atoms with E-state index in [-0.39, 0.29) is 17.3 Å². The minimum Gasteiger partial charge on any atom is -0.365 e. The predicted octanol–water partition coefficient (Wildman–Crippen LogP) is -0.150. The molecule has 1 aliphatic carbocycles. The minimum absolute atomic E-state index is 0.0161. The molecule has 1 aromatic rings. The van der Waals surface area contributed by atoms with Gasteiger partial charge in [0.05, 0.1) is 0 Å². The Morgan fingerprint density at radius 2 is 2.38 bits per heavy atom. The zero-order valence-electron chi connectivity index (χ0n) is 8.82. The highest BCUT2D eigenvalue weighted by atomic mass is 16.1. The first-order chi connectivity index (χ1) is 7.75. The van der Waals surface area contributed by atoms with E-state index in [9.17, 15) is 9.59 Å². The number of hydrogen-bond acceptors (Lipinski definition) is 4. The molecule has 0 radical (unpaired) electrons. The zero-order chi connectivity index (χ0) is 11.4. The highest BCUT2D eigenvalue weighted by Gasteiger charge is 2.22. The summed E-state index contributed by atoms with van der Waals surface area (Å²) in [6, 6.07) is 0.380. The first-order valence-electron chi connectivity index (χ1n) is 5.32. The fourth-order valence-corrected chi connectivity index (χ4v) is 1.30. The van der Waals surface area contributed by atoms with Gasteiger partial charge >= 0.3 is 0 Å². The Morgan fingerprint density at radius 3 is 3.06 bits per heavy atom. The van der Waals surface area contributed by atoms with E-state index < -0.39 is 0 Å². The molecule has 0 atom stereocenters. The van der Waals surface area contributed by atoms with Crippen LogP contribution < -0.4 is 16.2 Å². The van der Waals surface area contributed by atoms with Gasteiger partial charge in [-0.2, -0.15) is 0 Å². The number of amides is 1. The van der Waals surface area contributed by atoms with Crippen LogP contribution in [0.2, 0.25) is 0 Å². The third-order valence-corrected chi connectivity index (χ3v) is 2.29. The molecule has 2 rings (SSSR count). The average molecular weight is 222 g/mol. The molecule has 0 saturated heterocycles. The van der Waals surface area contributed by atoms with Crippen LogP contribution >= 0.6 is 0 Å². The van der Waals surface area contributed by atoms with Crippen molar-refractivity contribution in [2.75, 3.05) is 11.9 Å². The number of H-pyrrole nitrogens is 1. The number of carbonyl (C=O) groups excluding carboxylic acids is 1. The maximum Gasteiger partial charge on any atom is 0.290 e.